The lowest BCUT2D eigenvalue weighted by atomic mass is 9.99. The number of hydrogen-bond donors (Lipinski definition) is 4. The van der Waals surface area contributed by atoms with E-state index in [-0.39, 0.29) is 18.5 Å². The van der Waals surface area contributed by atoms with Crippen LogP contribution in [-0.2, 0) is 29.0 Å². The first kappa shape index (κ1) is 30.7. The second-order valence-corrected chi connectivity index (χ2v) is 11.6. The molecule has 0 aliphatic heterocycles. The Bertz CT molecular complexity index is 1440. The van der Waals surface area contributed by atoms with E-state index >= 15 is 0 Å². The van der Waals surface area contributed by atoms with E-state index < -0.39 is 17.7 Å². The van der Waals surface area contributed by atoms with Gasteiger partial charge in [-0.25, -0.2) is 4.79 Å². The van der Waals surface area contributed by atoms with Gasteiger partial charge < -0.3 is 30.2 Å². The zero-order valence-electron chi connectivity index (χ0n) is 24.6. The van der Waals surface area contributed by atoms with Gasteiger partial charge in [-0.1, -0.05) is 60.7 Å². The first-order chi connectivity index (χ1) is 20.1. The first-order valence-corrected chi connectivity index (χ1v) is 14.4. The average Bonchev–Trinajstić information content (AvgIpc) is 3.35. The Morgan fingerprint density at radius 1 is 0.929 bits per heavy atom. The maximum Gasteiger partial charge on any atom is 0.407 e. The zero-order chi connectivity index (χ0) is 30.0. The van der Waals surface area contributed by atoms with Crippen LogP contribution < -0.4 is 15.4 Å². The summed E-state index contributed by atoms with van der Waals surface area (Å²) in [5.74, 6) is -0.0923. The summed E-state index contributed by atoms with van der Waals surface area (Å²) in [6.45, 7) is 6.24. The van der Waals surface area contributed by atoms with Crippen LogP contribution in [0.15, 0.2) is 85.1 Å². The van der Waals surface area contributed by atoms with Gasteiger partial charge in [-0.05, 0) is 74.9 Å². The van der Waals surface area contributed by atoms with E-state index in [2.05, 4.69) is 21.7 Å². The highest BCUT2D eigenvalue weighted by atomic mass is 16.6. The Labute approximate surface area is 247 Å². The lowest BCUT2D eigenvalue weighted by Crippen LogP contribution is -2.48. The highest BCUT2D eigenvalue weighted by molar-refractivity contribution is 5.83. The van der Waals surface area contributed by atoms with Crippen LogP contribution in [0.4, 0.5) is 4.79 Å². The number of hydrogen-bond acceptors (Lipinski definition) is 5. The van der Waals surface area contributed by atoms with Crippen LogP contribution in [0, 0.1) is 0 Å². The lowest BCUT2D eigenvalue weighted by molar-refractivity contribution is -0.137. The second-order valence-electron chi connectivity index (χ2n) is 11.6. The number of rotatable bonds is 14. The Kier molecular flexibility index (Phi) is 10.6. The van der Waals surface area contributed by atoms with E-state index in [1.165, 1.54) is 0 Å². The van der Waals surface area contributed by atoms with Crippen molar-refractivity contribution < 1.29 is 24.2 Å². The highest BCUT2D eigenvalue weighted by Crippen LogP contribution is 2.21. The van der Waals surface area contributed by atoms with Crippen molar-refractivity contribution in [2.75, 3.05) is 6.54 Å². The number of nitrogens with one attached hydrogen (secondary N) is 3. The van der Waals surface area contributed by atoms with Crippen LogP contribution in [0.2, 0.25) is 0 Å². The van der Waals surface area contributed by atoms with Crippen LogP contribution in [0.3, 0.4) is 0 Å². The van der Waals surface area contributed by atoms with Gasteiger partial charge in [0.2, 0.25) is 0 Å². The predicted molar refractivity (Wildman–Crippen MR) is 165 cm³/mol. The number of aliphatic carboxylic acids is 1. The van der Waals surface area contributed by atoms with Crippen molar-refractivity contribution in [3.8, 4) is 5.75 Å². The molecule has 4 rings (SSSR count). The van der Waals surface area contributed by atoms with Gasteiger partial charge in [0.1, 0.15) is 18.0 Å². The third kappa shape index (κ3) is 9.96. The van der Waals surface area contributed by atoms with Crippen LogP contribution in [0.1, 0.15) is 50.3 Å². The molecule has 0 radical (unpaired) electrons. The van der Waals surface area contributed by atoms with E-state index in [1.54, 1.807) is 0 Å². The van der Waals surface area contributed by atoms with Gasteiger partial charge in [0, 0.05) is 35.7 Å². The number of carbonyl (C=O) groups is 2. The van der Waals surface area contributed by atoms with Crippen LogP contribution in [0.25, 0.3) is 10.9 Å². The molecule has 42 heavy (non-hydrogen) atoms. The maximum atomic E-state index is 12.5. The standard InChI is InChI=1S/C34H41N3O5/c1-34(2,3)42-33(40)36-22-27(17-16-24-12-9-13-29(18-24)41-23-25-10-5-4-6-11-25)37-28(20-32(38)39)19-26-21-35-31-15-8-7-14-30(26)31/h4-15,18,21,27-28,35,37H,16-17,19-20,22-23H2,1-3H3,(H,36,40)(H,38,39)/t27?,28-/m0/s1. The van der Waals surface area contributed by atoms with Gasteiger partial charge in [0.25, 0.3) is 0 Å². The average molecular weight is 572 g/mol. The van der Waals surface area contributed by atoms with Crippen molar-refractivity contribution in [1.29, 1.82) is 0 Å². The fraction of sp³-hybridized carbons (Fsp3) is 0.353. The Hall–Kier alpha value is -4.30. The fourth-order valence-electron chi connectivity index (χ4n) is 4.94. The number of amides is 1. The summed E-state index contributed by atoms with van der Waals surface area (Å²) in [6, 6.07) is 25.5. The molecule has 4 N–H and O–H groups in total. The van der Waals surface area contributed by atoms with Crippen molar-refractivity contribution in [1.82, 2.24) is 15.6 Å². The zero-order valence-corrected chi connectivity index (χ0v) is 24.6. The molecule has 1 aromatic heterocycles. The molecule has 1 amide bonds. The molecule has 0 bridgehead atoms. The summed E-state index contributed by atoms with van der Waals surface area (Å²) < 4.78 is 11.5. The molecular weight excluding hydrogens is 530 g/mol. The molecule has 8 heteroatoms. The van der Waals surface area contributed by atoms with Crippen molar-refractivity contribution in [3.63, 3.8) is 0 Å². The topological polar surface area (TPSA) is 113 Å². The molecule has 1 heterocycles. The van der Waals surface area contributed by atoms with E-state index in [9.17, 15) is 14.7 Å². The number of H-pyrrole nitrogens is 1. The summed E-state index contributed by atoms with van der Waals surface area (Å²) in [5.41, 5.74) is 3.63. The lowest BCUT2D eigenvalue weighted by Gasteiger charge is -2.26. The second kappa shape index (κ2) is 14.5. The van der Waals surface area contributed by atoms with E-state index in [1.807, 2.05) is 99.8 Å². The van der Waals surface area contributed by atoms with E-state index in [0.29, 0.717) is 32.4 Å². The molecule has 0 saturated heterocycles. The van der Waals surface area contributed by atoms with E-state index in [4.69, 9.17) is 9.47 Å². The van der Waals surface area contributed by atoms with Gasteiger partial charge in [-0.15, -0.1) is 0 Å². The molecule has 0 saturated carbocycles. The number of carbonyl (C=O) groups excluding carboxylic acids is 1. The number of aryl methyl sites for hydroxylation is 1. The van der Waals surface area contributed by atoms with Crippen LogP contribution in [0.5, 0.6) is 5.75 Å². The summed E-state index contributed by atoms with van der Waals surface area (Å²) in [4.78, 5) is 27.6. The molecule has 4 aromatic rings. The number of aromatic nitrogens is 1. The van der Waals surface area contributed by atoms with Gasteiger partial charge in [0.05, 0.1) is 6.42 Å². The van der Waals surface area contributed by atoms with Gasteiger partial charge in [0.15, 0.2) is 0 Å². The minimum Gasteiger partial charge on any atom is -0.489 e. The van der Waals surface area contributed by atoms with Crippen LogP contribution in [-0.4, -0.2) is 46.4 Å². The third-order valence-corrected chi connectivity index (χ3v) is 6.85. The normalized spacial score (nSPS) is 12.9. The monoisotopic (exact) mass is 571 g/mol. The van der Waals surface area contributed by atoms with Crippen molar-refractivity contribution in [2.24, 2.45) is 0 Å². The Balaban J connectivity index is 1.45. The van der Waals surface area contributed by atoms with Crippen LogP contribution >= 0.6 is 0 Å². The third-order valence-electron chi connectivity index (χ3n) is 6.85. The molecule has 2 atom stereocenters. The van der Waals surface area contributed by atoms with Gasteiger partial charge >= 0.3 is 12.1 Å². The Morgan fingerprint density at radius 3 is 2.43 bits per heavy atom. The Morgan fingerprint density at radius 2 is 1.67 bits per heavy atom. The van der Waals surface area contributed by atoms with Gasteiger partial charge in [-0.2, -0.15) is 0 Å². The molecular formula is C34H41N3O5. The maximum absolute atomic E-state index is 12.5. The number of carboxylic acids is 1. The SMILES string of the molecule is CC(C)(C)OC(=O)NCC(CCc1cccc(OCc2ccccc2)c1)N[C@H](CC(=O)O)Cc1c[nH]c2ccccc12. The number of alkyl carbamates (subject to hydrolysis) is 1. The summed E-state index contributed by atoms with van der Waals surface area (Å²) >= 11 is 0. The number of carboxylic acid groups (broad SMARTS) is 1. The molecule has 8 nitrogen and oxygen atoms in total. The molecule has 0 fully saturated rings. The number of fused-ring (bicyclic) bond motifs is 1. The number of aromatic amines is 1. The summed E-state index contributed by atoms with van der Waals surface area (Å²) in [5, 5.41) is 17.2. The minimum atomic E-state index is -0.880. The first-order valence-electron chi connectivity index (χ1n) is 14.4. The summed E-state index contributed by atoms with van der Waals surface area (Å²) in [7, 11) is 0. The molecule has 3 aromatic carbocycles. The highest BCUT2D eigenvalue weighted by Gasteiger charge is 2.22. The number of para-hydroxylation sites is 1. The molecule has 0 aliphatic carbocycles. The predicted octanol–water partition coefficient (Wildman–Crippen LogP) is 6.25. The quantitative estimate of drug-likeness (QED) is 0.142. The molecule has 0 aliphatic rings. The van der Waals surface area contributed by atoms with Gasteiger partial charge in [-0.3, -0.25) is 4.79 Å². The summed E-state index contributed by atoms with van der Waals surface area (Å²) in [6.07, 6.45) is 3.30. The largest absolute Gasteiger partial charge is 0.489 e. The number of benzene rings is 3. The fourth-order valence-corrected chi connectivity index (χ4v) is 4.94. The van der Waals surface area contributed by atoms with Crippen molar-refractivity contribution in [2.45, 2.75) is 70.7 Å². The van der Waals surface area contributed by atoms with Crippen molar-refractivity contribution >= 4 is 23.0 Å². The van der Waals surface area contributed by atoms with Crippen molar-refractivity contribution in [3.05, 3.63) is 102 Å². The minimum absolute atomic E-state index is 0.0503. The van der Waals surface area contributed by atoms with E-state index in [0.717, 1.165) is 33.3 Å². The smallest absolute Gasteiger partial charge is 0.407 e. The molecule has 222 valence electrons. The number of ether oxygens (including phenoxy) is 2. The molecule has 1 unspecified atom stereocenters. The molecule has 0 spiro atoms.